The second-order valence-corrected chi connectivity index (χ2v) is 7.11. The number of benzene rings is 1. The van der Waals surface area contributed by atoms with Gasteiger partial charge in [0.1, 0.15) is 11.1 Å². The van der Waals surface area contributed by atoms with Gasteiger partial charge in [0.05, 0.1) is 13.2 Å². The summed E-state index contributed by atoms with van der Waals surface area (Å²) in [5.41, 5.74) is 4.86. The molecule has 0 spiro atoms. The number of carbonyl (C=O) groups is 2. The van der Waals surface area contributed by atoms with Crippen LogP contribution < -0.4 is 5.73 Å². The van der Waals surface area contributed by atoms with Crippen LogP contribution in [0.2, 0.25) is 0 Å². The highest BCUT2D eigenvalue weighted by Gasteiger charge is 2.50. The molecule has 1 atom stereocenters. The highest BCUT2D eigenvalue weighted by atomic mass is 16.6. The predicted molar refractivity (Wildman–Crippen MR) is 90.2 cm³/mol. The van der Waals surface area contributed by atoms with Crippen molar-refractivity contribution in [1.82, 2.24) is 4.90 Å². The van der Waals surface area contributed by atoms with E-state index in [4.69, 9.17) is 15.2 Å². The highest BCUT2D eigenvalue weighted by Crippen LogP contribution is 2.31. The largest absolute Gasteiger partial charge is 0.444 e. The number of hydrogen-bond donors (Lipinski definition) is 1. The van der Waals surface area contributed by atoms with Gasteiger partial charge in [-0.25, -0.2) is 4.79 Å². The molecule has 6 nitrogen and oxygen atoms in total. The quantitative estimate of drug-likeness (QED) is 0.897. The molecule has 2 rings (SSSR count). The minimum Gasteiger partial charge on any atom is -0.444 e. The Kier molecular flexibility index (Phi) is 5.49. The van der Waals surface area contributed by atoms with Crippen molar-refractivity contribution >= 4 is 12.0 Å². The fourth-order valence-corrected chi connectivity index (χ4v) is 2.85. The van der Waals surface area contributed by atoms with Crippen molar-refractivity contribution in [3.05, 3.63) is 35.9 Å². The molecule has 1 aliphatic heterocycles. The fraction of sp³-hybridized carbons (Fsp3) is 0.556. The second-order valence-electron chi connectivity index (χ2n) is 7.11. The number of amides is 2. The Morgan fingerprint density at radius 1 is 1.25 bits per heavy atom. The molecule has 0 bridgehead atoms. The minimum absolute atomic E-state index is 0.0659. The first-order valence-corrected chi connectivity index (χ1v) is 8.17. The van der Waals surface area contributed by atoms with Gasteiger partial charge in [0.15, 0.2) is 0 Å². The molecule has 132 valence electrons. The Morgan fingerprint density at radius 2 is 1.92 bits per heavy atom. The standard InChI is InChI=1S/C18H26N2O4/c1-17(2,3)24-16(22)20-11-7-10-18(20,15(19)21)13-23-12-14-8-5-4-6-9-14/h4-6,8-9H,7,10-13H2,1-3H3,(H2,19,21). The predicted octanol–water partition coefficient (Wildman–Crippen LogP) is 2.46. The van der Waals surface area contributed by atoms with Crippen molar-refractivity contribution in [2.45, 2.75) is 51.4 Å². The van der Waals surface area contributed by atoms with Crippen molar-refractivity contribution in [1.29, 1.82) is 0 Å². The third kappa shape index (κ3) is 4.26. The summed E-state index contributed by atoms with van der Waals surface area (Å²) in [4.78, 5) is 26.0. The van der Waals surface area contributed by atoms with Gasteiger partial charge in [-0.15, -0.1) is 0 Å². The smallest absolute Gasteiger partial charge is 0.411 e. The molecule has 0 aliphatic carbocycles. The Morgan fingerprint density at radius 3 is 2.50 bits per heavy atom. The Bertz CT molecular complexity index is 582. The van der Waals surface area contributed by atoms with E-state index in [-0.39, 0.29) is 6.61 Å². The summed E-state index contributed by atoms with van der Waals surface area (Å²) in [6.07, 6.45) is 0.648. The zero-order chi connectivity index (χ0) is 17.8. The molecule has 24 heavy (non-hydrogen) atoms. The average Bonchev–Trinajstić information content (AvgIpc) is 2.92. The summed E-state index contributed by atoms with van der Waals surface area (Å²) < 4.78 is 11.1. The molecule has 0 aromatic heterocycles. The van der Waals surface area contributed by atoms with Crippen LogP contribution in [0.25, 0.3) is 0 Å². The van der Waals surface area contributed by atoms with E-state index in [0.717, 1.165) is 5.56 Å². The molecule has 1 saturated heterocycles. The van der Waals surface area contributed by atoms with E-state index in [1.54, 1.807) is 20.8 Å². The third-order valence-corrected chi connectivity index (χ3v) is 4.01. The van der Waals surface area contributed by atoms with Gasteiger partial charge >= 0.3 is 6.09 Å². The molecule has 1 heterocycles. The first-order valence-electron chi connectivity index (χ1n) is 8.17. The number of carbonyl (C=O) groups excluding carboxylic acids is 2. The van der Waals surface area contributed by atoms with Gasteiger partial charge < -0.3 is 15.2 Å². The molecular weight excluding hydrogens is 308 g/mol. The lowest BCUT2D eigenvalue weighted by Crippen LogP contribution is -2.59. The molecule has 2 N–H and O–H groups in total. The summed E-state index contributed by atoms with van der Waals surface area (Å²) in [6, 6.07) is 9.65. The van der Waals surface area contributed by atoms with Crippen LogP contribution in [0, 0.1) is 0 Å². The SMILES string of the molecule is CC(C)(C)OC(=O)N1CCCC1(COCc1ccccc1)C(N)=O. The van der Waals surface area contributed by atoms with E-state index in [0.29, 0.717) is 26.0 Å². The molecule has 1 unspecified atom stereocenters. The number of nitrogens with zero attached hydrogens (tertiary/aromatic N) is 1. The zero-order valence-corrected chi connectivity index (χ0v) is 14.6. The maximum Gasteiger partial charge on any atom is 0.411 e. The van der Waals surface area contributed by atoms with E-state index in [9.17, 15) is 9.59 Å². The van der Waals surface area contributed by atoms with E-state index < -0.39 is 23.1 Å². The Balaban J connectivity index is 2.07. The van der Waals surface area contributed by atoms with E-state index in [2.05, 4.69) is 0 Å². The average molecular weight is 334 g/mol. The lowest BCUT2D eigenvalue weighted by molar-refractivity contribution is -0.132. The molecule has 0 saturated carbocycles. The number of primary amides is 1. The third-order valence-electron chi connectivity index (χ3n) is 4.01. The van der Waals surface area contributed by atoms with Crippen LogP contribution in [0.1, 0.15) is 39.2 Å². The highest BCUT2D eigenvalue weighted by molar-refractivity contribution is 5.89. The fourth-order valence-electron chi connectivity index (χ4n) is 2.85. The first kappa shape index (κ1) is 18.3. The second kappa shape index (κ2) is 7.21. The van der Waals surface area contributed by atoms with Crippen molar-refractivity contribution in [3.63, 3.8) is 0 Å². The minimum atomic E-state index is -1.14. The van der Waals surface area contributed by atoms with Crippen molar-refractivity contribution < 1.29 is 19.1 Å². The molecule has 1 aromatic carbocycles. The molecule has 1 aliphatic rings. The number of likely N-dealkylation sites (tertiary alicyclic amines) is 1. The Labute approximate surface area is 142 Å². The molecule has 1 aromatic rings. The summed E-state index contributed by atoms with van der Waals surface area (Å²) in [7, 11) is 0. The van der Waals surface area contributed by atoms with Gasteiger partial charge in [0.25, 0.3) is 0 Å². The van der Waals surface area contributed by atoms with Crippen LogP contribution in [-0.2, 0) is 20.9 Å². The molecule has 0 radical (unpaired) electrons. The summed E-state index contributed by atoms with van der Waals surface area (Å²) in [5, 5.41) is 0. The number of hydrogen-bond acceptors (Lipinski definition) is 4. The van der Waals surface area contributed by atoms with Crippen molar-refractivity contribution in [2.24, 2.45) is 5.73 Å². The number of nitrogens with two attached hydrogens (primary N) is 1. The lowest BCUT2D eigenvalue weighted by Gasteiger charge is -2.36. The summed E-state index contributed by atoms with van der Waals surface area (Å²) in [6.45, 7) is 6.23. The van der Waals surface area contributed by atoms with E-state index in [1.165, 1.54) is 4.90 Å². The van der Waals surface area contributed by atoms with Crippen molar-refractivity contribution in [3.8, 4) is 0 Å². The van der Waals surface area contributed by atoms with Gasteiger partial charge in [0, 0.05) is 6.54 Å². The summed E-state index contributed by atoms with van der Waals surface area (Å²) in [5.74, 6) is -0.557. The molecule has 1 fully saturated rings. The molecule has 6 heteroatoms. The van der Waals surface area contributed by atoms with Crippen LogP contribution in [0.4, 0.5) is 4.79 Å². The van der Waals surface area contributed by atoms with Gasteiger partial charge in [-0.3, -0.25) is 9.69 Å². The first-order chi connectivity index (χ1) is 11.2. The number of rotatable bonds is 5. The van der Waals surface area contributed by atoms with Crippen LogP contribution in [0.15, 0.2) is 30.3 Å². The van der Waals surface area contributed by atoms with Gasteiger partial charge in [-0.1, -0.05) is 30.3 Å². The van der Waals surface area contributed by atoms with Crippen molar-refractivity contribution in [2.75, 3.05) is 13.2 Å². The van der Waals surface area contributed by atoms with Gasteiger partial charge in [0.2, 0.25) is 5.91 Å². The zero-order valence-electron chi connectivity index (χ0n) is 14.6. The van der Waals surface area contributed by atoms with Crippen LogP contribution >= 0.6 is 0 Å². The molecule has 2 amide bonds. The lowest BCUT2D eigenvalue weighted by atomic mass is 9.96. The molecular formula is C18H26N2O4. The Hall–Kier alpha value is -2.08. The normalized spacial score (nSPS) is 20.9. The monoisotopic (exact) mass is 334 g/mol. The van der Waals surface area contributed by atoms with Crippen LogP contribution in [0.5, 0.6) is 0 Å². The maximum absolute atomic E-state index is 12.5. The maximum atomic E-state index is 12.5. The van der Waals surface area contributed by atoms with Gasteiger partial charge in [-0.05, 0) is 39.2 Å². The topological polar surface area (TPSA) is 81.9 Å². The van der Waals surface area contributed by atoms with Gasteiger partial charge in [-0.2, -0.15) is 0 Å². The van der Waals surface area contributed by atoms with Crippen LogP contribution in [0.3, 0.4) is 0 Å². The number of ether oxygens (including phenoxy) is 2. The summed E-state index contributed by atoms with van der Waals surface area (Å²) >= 11 is 0. The van der Waals surface area contributed by atoms with E-state index in [1.807, 2.05) is 30.3 Å². The van der Waals surface area contributed by atoms with E-state index >= 15 is 0 Å². The van der Waals surface area contributed by atoms with Crippen LogP contribution in [-0.4, -0.2) is 41.2 Å².